The summed E-state index contributed by atoms with van der Waals surface area (Å²) in [4.78, 5) is 52.1. The van der Waals surface area contributed by atoms with Crippen LogP contribution in [-0.2, 0) is 19.2 Å². The summed E-state index contributed by atoms with van der Waals surface area (Å²) in [7, 11) is 0. The van der Waals surface area contributed by atoms with Crippen molar-refractivity contribution in [2.75, 3.05) is 6.54 Å². The van der Waals surface area contributed by atoms with Crippen molar-refractivity contribution in [3.63, 3.8) is 0 Å². The van der Waals surface area contributed by atoms with Gasteiger partial charge in [-0.05, 0) is 48.3 Å². The van der Waals surface area contributed by atoms with Crippen LogP contribution in [0.5, 0.6) is 0 Å². The summed E-state index contributed by atoms with van der Waals surface area (Å²) >= 11 is 0. The minimum atomic E-state index is -5.16. The van der Waals surface area contributed by atoms with Crippen LogP contribution in [0.4, 0.5) is 13.2 Å². The number of hydrogen-bond acceptors (Lipinski definition) is 5. The van der Waals surface area contributed by atoms with E-state index in [4.69, 9.17) is 0 Å². The van der Waals surface area contributed by atoms with Gasteiger partial charge in [0.15, 0.2) is 0 Å². The van der Waals surface area contributed by atoms with Gasteiger partial charge in [-0.25, -0.2) is 0 Å². The molecule has 0 aromatic carbocycles. The molecule has 204 valence electrons. The van der Waals surface area contributed by atoms with Crippen LogP contribution in [-0.4, -0.2) is 65.4 Å². The number of nitrogens with one attached hydrogen (secondary N) is 3. The molecule has 5 fully saturated rings. The Bertz CT molecular complexity index is 1050. The third kappa shape index (κ3) is 4.66. The van der Waals surface area contributed by atoms with Gasteiger partial charge in [0.2, 0.25) is 17.7 Å². The number of alkyl halides is 3. The maximum Gasteiger partial charge on any atom is 0.471 e. The summed E-state index contributed by atoms with van der Waals surface area (Å²) in [5.74, 6) is -3.80. The van der Waals surface area contributed by atoms with Crippen molar-refractivity contribution in [2.24, 2.45) is 28.1 Å². The van der Waals surface area contributed by atoms with E-state index in [0.29, 0.717) is 6.42 Å². The van der Waals surface area contributed by atoms with E-state index < -0.39 is 52.9 Å². The molecule has 5 atom stereocenters. The van der Waals surface area contributed by atoms with Crippen LogP contribution < -0.4 is 16.0 Å². The molecule has 5 rings (SSSR count). The van der Waals surface area contributed by atoms with Crippen molar-refractivity contribution in [3.05, 3.63) is 0 Å². The molecule has 9 nitrogen and oxygen atoms in total. The van der Waals surface area contributed by atoms with Crippen LogP contribution in [0.15, 0.2) is 0 Å². The van der Waals surface area contributed by atoms with Gasteiger partial charge >= 0.3 is 12.1 Å². The van der Waals surface area contributed by atoms with Crippen LogP contribution in [0.25, 0.3) is 0 Å². The van der Waals surface area contributed by atoms with Crippen LogP contribution in [0.2, 0.25) is 0 Å². The number of amides is 4. The van der Waals surface area contributed by atoms with Crippen LogP contribution in [0.1, 0.15) is 60.3 Å². The third-order valence-electron chi connectivity index (χ3n) is 8.88. The van der Waals surface area contributed by atoms with Crippen LogP contribution in [0.3, 0.4) is 0 Å². The molecule has 3 N–H and O–H groups in total. The Balaban J connectivity index is 1.49. The lowest BCUT2D eigenvalue weighted by molar-refractivity contribution is -0.176. The van der Waals surface area contributed by atoms with Crippen molar-refractivity contribution in [1.82, 2.24) is 20.9 Å². The normalized spacial score (nSPS) is 32.8. The predicted molar refractivity (Wildman–Crippen MR) is 124 cm³/mol. The molecule has 2 bridgehead atoms. The molecule has 2 saturated carbocycles. The van der Waals surface area contributed by atoms with Gasteiger partial charge in [0, 0.05) is 12.6 Å². The highest BCUT2D eigenvalue weighted by Gasteiger charge is 2.70. The standard InChI is InChI=1S/C25H34F3N5O4/c1-22(2,3)17(32-21(37)25(26,27)28)19(35)33-11-14-15(23(14,4)5)16(33)18(34)30-12(10-29)6-7-24-8-13(9-24)31-20(24)36/h12-17H,6-9,11H2,1-5H3,(H,30,34)(H,31,36)(H,32,37)/t12?,13?,14-,15-,16-,17+,24?/m0/s1. The lowest BCUT2D eigenvalue weighted by Crippen LogP contribution is -2.61. The molecule has 0 radical (unpaired) electrons. The monoisotopic (exact) mass is 525 g/mol. The summed E-state index contributed by atoms with van der Waals surface area (Å²) in [6, 6.07) is -1.11. The molecule has 5 aliphatic rings. The second-order valence-electron chi connectivity index (χ2n) is 12.7. The fraction of sp³-hybridized carbons (Fsp3) is 0.800. The SMILES string of the molecule is CC(C)(C)[C@H](NC(=O)C(F)(F)F)C(=O)N1C[C@H]2[C@@H]([C@H]1C(=O)NC(C#N)CCC13CC(C1)NC3=O)C2(C)C. The number of carbonyl (C=O) groups is 4. The van der Waals surface area contributed by atoms with Crippen molar-refractivity contribution in [3.8, 4) is 6.07 Å². The molecule has 3 aliphatic heterocycles. The lowest BCUT2D eigenvalue weighted by atomic mass is 9.66. The molecule has 0 aromatic rings. The van der Waals surface area contributed by atoms with E-state index in [-0.39, 0.29) is 42.2 Å². The van der Waals surface area contributed by atoms with E-state index in [2.05, 4.69) is 16.7 Å². The molecule has 0 aromatic heterocycles. The number of hydrogen-bond donors (Lipinski definition) is 3. The summed E-state index contributed by atoms with van der Waals surface area (Å²) in [6.07, 6.45) is -3.00. The van der Waals surface area contributed by atoms with Gasteiger partial charge in [-0.2, -0.15) is 18.4 Å². The number of fused-ring (bicyclic) bond motifs is 2. The highest BCUT2D eigenvalue weighted by Crippen LogP contribution is 2.65. The smallest absolute Gasteiger partial charge is 0.353 e. The van der Waals surface area contributed by atoms with Gasteiger partial charge in [0.05, 0.1) is 11.5 Å². The maximum atomic E-state index is 13.5. The molecule has 0 spiro atoms. The average molecular weight is 526 g/mol. The number of nitriles is 1. The molecule has 37 heavy (non-hydrogen) atoms. The Morgan fingerprint density at radius 3 is 2.30 bits per heavy atom. The summed E-state index contributed by atoms with van der Waals surface area (Å²) in [5, 5.41) is 17.1. The first kappa shape index (κ1) is 27.2. The zero-order valence-electron chi connectivity index (χ0n) is 21.7. The molecule has 12 heteroatoms. The number of nitrogens with zero attached hydrogens (tertiary/aromatic N) is 2. The van der Waals surface area contributed by atoms with Crippen LogP contribution in [0, 0.1) is 39.4 Å². The fourth-order valence-electron chi connectivity index (χ4n) is 6.51. The van der Waals surface area contributed by atoms with Gasteiger partial charge in [0.25, 0.3) is 0 Å². The van der Waals surface area contributed by atoms with E-state index in [0.717, 1.165) is 12.8 Å². The van der Waals surface area contributed by atoms with E-state index in [1.165, 1.54) is 25.7 Å². The number of piperidine rings is 1. The fourth-order valence-corrected chi connectivity index (χ4v) is 6.51. The lowest BCUT2D eigenvalue weighted by Gasteiger charge is -2.38. The minimum absolute atomic E-state index is 0.0234. The topological polar surface area (TPSA) is 131 Å². The number of rotatable bonds is 7. The van der Waals surface area contributed by atoms with E-state index in [1.54, 1.807) is 0 Å². The highest BCUT2D eigenvalue weighted by atomic mass is 19.4. The molecule has 1 unspecified atom stereocenters. The Morgan fingerprint density at radius 2 is 1.81 bits per heavy atom. The van der Waals surface area contributed by atoms with Crippen molar-refractivity contribution in [2.45, 2.75) is 90.6 Å². The van der Waals surface area contributed by atoms with Gasteiger partial charge < -0.3 is 20.9 Å². The first-order valence-electron chi connectivity index (χ1n) is 12.6. The largest absolute Gasteiger partial charge is 0.471 e. The minimum Gasteiger partial charge on any atom is -0.353 e. The van der Waals surface area contributed by atoms with E-state index in [9.17, 15) is 37.6 Å². The average Bonchev–Trinajstić information content (AvgIpc) is 3.15. The zero-order chi connectivity index (χ0) is 27.7. The molecule has 2 aliphatic carbocycles. The molecule has 3 saturated heterocycles. The van der Waals surface area contributed by atoms with E-state index >= 15 is 0 Å². The zero-order valence-corrected chi connectivity index (χ0v) is 21.7. The predicted octanol–water partition coefficient (Wildman–Crippen LogP) is 1.63. The Labute approximate surface area is 213 Å². The second-order valence-corrected chi connectivity index (χ2v) is 12.7. The third-order valence-corrected chi connectivity index (χ3v) is 8.88. The van der Waals surface area contributed by atoms with Gasteiger partial charge in [0.1, 0.15) is 18.1 Å². The molecule has 4 amide bonds. The Kier molecular flexibility index (Phi) is 6.32. The van der Waals surface area contributed by atoms with Gasteiger partial charge in [-0.3, -0.25) is 19.2 Å². The quantitative estimate of drug-likeness (QED) is 0.465. The van der Waals surface area contributed by atoms with Crippen molar-refractivity contribution in [1.29, 1.82) is 5.26 Å². The Hall–Kier alpha value is -2.84. The van der Waals surface area contributed by atoms with Crippen molar-refractivity contribution >= 4 is 23.6 Å². The van der Waals surface area contributed by atoms with Crippen LogP contribution >= 0.6 is 0 Å². The first-order chi connectivity index (χ1) is 16.9. The number of likely N-dealkylation sites (tertiary alicyclic amines) is 1. The summed E-state index contributed by atoms with van der Waals surface area (Å²) < 4.78 is 38.9. The van der Waals surface area contributed by atoms with Crippen molar-refractivity contribution < 1.29 is 32.3 Å². The van der Waals surface area contributed by atoms with Gasteiger partial charge in [-0.15, -0.1) is 0 Å². The molecular weight excluding hydrogens is 491 g/mol. The van der Waals surface area contributed by atoms with Gasteiger partial charge in [-0.1, -0.05) is 34.6 Å². The highest BCUT2D eigenvalue weighted by molar-refractivity contribution is 5.95. The summed E-state index contributed by atoms with van der Waals surface area (Å²) in [6.45, 7) is 8.71. The first-order valence-corrected chi connectivity index (χ1v) is 12.6. The molecule has 3 heterocycles. The molecular formula is C25H34F3N5O4. The summed E-state index contributed by atoms with van der Waals surface area (Å²) in [5.41, 5.74) is -1.80. The van der Waals surface area contributed by atoms with E-state index in [1.807, 2.05) is 19.2 Å². The number of carbonyl (C=O) groups excluding carboxylic acids is 4. The Morgan fingerprint density at radius 1 is 1.19 bits per heavy atom. The number of halogens is 3. The maximum absolute atomic E-state index is 13.5. The second kappa shape index (κ2) is 8.60.